The van der Waals surface area contributed by atoms with Crippen LogP contribution in [0.25, 0.3) is 22.0 Å². The summed E-state index contributed by atoms with van der Waals surface area (Å²) in [5.41, 5.74) is 2.89. The van der Waals surface area contributed by atoms with E-state index in [0.717, 1.165) is 31.3 Å². The maximum Gasteiger partial charge on any atom is 0.295 e. The van der Waals surface area contributed by atoms with Crippen molar-refractivity contribution in [2.24, 2.45) is 5.16 Å². The van der Waals surface area contributed by atoms with Crippen LogP contribution in [0.4, 0.5) is 5.69 Å². The van der Waals surface area contributed by atoms with Crippen molar-refractivity contribution in [3.05, 3.63) is 76.2 Å². The number of anilines is 1. The Bertz CT molecular complexity index is 1460. The van der Waals surface area contributed by atoms with Crippen LogP contribution in [0.2, 0.25) is 0 Å². The van der Waals surface area contributed by atoms with Gasteiger partial charge in [0.05, 0.1) is 11.4 Å². The first kappa shape index (κ1) is 21.0. The van der Waals surface area contributed by atoms with Crippen LogP contribution >= 0.6 is 22.6 Å². The predicted octanol–water partition coefficient (Wildman–Crippen LogP) is 5.74. The van der Waals surface area contributed by atoms with Crippen LogP contribution in [0.15, 0.2) is 81.5 Å². The summed E-state index contributed by atoms with van der Waals surface area (Å²) >= 11 is 2.23. The number of oxime groups is 1. The Morgan fingerprint density at radius 1 is 1.09 bits per heavy atom. The molecule has 0 saturated carbocycles. The highest BCUT2D eigenvalue weighted by molar-refractivity contribution is 14.1. The molecule has 2 aromatic carbocycles. The highest BCUT2D eigenvalue weighted by Crippen LogP contribution is 2.33. The van der Waals surface area contributed by atoms with E-state index in [1.807, 2.05) is 43.3 Å². The van der Waals surface area contributed by atoms with E-state index >= 15 is 0 Å². The fraction of sp³-hybridized carbons (Fsp3) is 0.130. The number of nitrogens with zero attached hydrogens (tertiary/aromatic N) is 2. The van der Waals surface area contributed by atoms with Gasteiger partial charge in [0.15, 0.2) is 6.10 Å². The standard InChI is InChI=1S/C23H18IN3O4S/c1-14-12-21(31-26-14)20-8-9-22(30-20)32(28,29)27-16-6-7-19(24)18(13-16)23-17-5-3-2-4-15(17)10-11-25-23/h2-11,13,21,27H,12H2,1H3. The zero-order chi connectivity index (χ0) is 22.3. The van der Waals surface area contributed by atoms with Crippen molar-refractivity contribution in [1.82, 2.24) is 4.98 Å². The van der Waals surface area contributed by atoms with Crippen LogP contribution in [0.1, 0.15) is 25.2 Å². The number of aromatic nitrogens is 1. The van der Waals surface area contributed by atoms with Crippen molar-refractivity contribution in [1.29, 1.82) is 0 Å². The van der Waals surface area contributed by atoms with Gasteiger partial charge in [-0.1, -0.05) is 29.4 Å². The van der Waals surface area contributed by atoms with E-state index in [1.165, 1.54) is 6.07 Å². The Hall–Kier alpha value is -2.92. The van der Waals surface area contributed by atoms with Crippen LogP contribution in [0.5, 0.6) is 0 Å². The number of rotatable bonds is 5. The van der Waals surface area contributed by atoms with Crippen molar-refractivity contribution in [2.45, 2.75) is 24.5 Å². The molecule has 1 aliphatic rings. The molecular formula is C23H18IN3O4S. The number of sulfonamides is 1. The highest BCUT2D eigenvalue weighted by atomic mass is 127. The molecule has 1 N–H and O–H groups in total. The molecule has 1 aliphatic heterocycles. The molecule has 0 fully saturated rings. The van der Waals surface area contributed by atoms with Crippen molar-refractivity contribution < 1.29 is 17.7 Å². The van der Waals surface area contributed by atoms with Gasteiger partial charge < -0.3 is 9.25 Å². The molecule has 5 rings (SSSR count). The van der Waals surface area contributed by atoms with E-state index in [-0.39, 0.29) is 5.09 Å². The van der Waals surface area contributed by atoms with E-state index in [2.05, 4.69) is 37.5 Å². The largest absolute Gasteiger partial charge is 0.444 e. The first-order valence-electron chi connectivity index (χ1n) is 9.86. The average molecular weight is 559 g/mol. The van der Waals surface area contributed by atoms with Crippen molar-refractivity contribution in [2.75, 3.05) is 4.72 Å². The minimum Gasteiger partial charge on any atom is -0.444 e. The Labute approximate surface area is 198 Å². The van der Waals surface area contributed by atoms with E-state index in [4.69, 9.17) is 9.25 Å². The highest BCUT2D eigenvalue weighted by Gasteiger charge is 2.27. The average Bonchev–Trinajstić information content (AvgIpc) is 3.44. The van der Waals surface area contributed by atoms with E-state index in [1.54, 1.807) is 24.4 Å². The molecule has 0 radical (unpaired) electrons. The number of fused-ring (bicyclic) bond motifs is 1. The topological polar surface area (TPSA) is 93.8 Å². The first-order chi connectivity index (χ1) is 15.4. The second-order valence-electron chi connectivity index (χ2n) is 7.46. The maximum absolute atomic E-state index is 12.9. The Morgan fingerprint density at radius 3 is 2.75 bits per heavy atom. The van der Waals surface area contributed by atoms with Crippen LogP contribution in [-0.4, -0.2) is 19.1 Å². The fourth-order valence-electron chi connectivity index (χ4n) is 3.61. The molecule has 7 nitrogen and oxygen atoms in total. The molecule has 162 valence electrons. The minimum absolute atomic E-state index is 0.177. The van der Waals surface area contributed by atoms with Crippen LogP contribution in [0.3, 0.4) is 0 Å². The lowest BCUT2D eigenvalue weighted by Gasteiger charge is -2.11. The van der Waals surface area contributed by atoms with Gasteiger partial charge in [0.25, 0.3) is 10.0 Å². The van der Waals surface area contributed by atoms with Gasteiger partial charge in [-0.15, -0.1) is 0 Å². The predicted molar refractivity (Wildman–Crippen MR) is 131 cm³/mol. The number of hydrogen-bond acceptors (Lipinski definition) is 6. The Kier molecular flexibility index (Phi) is 5.38. The SMILES string of the molecule is CC1=NOC(c2ccc(S(=O)(=O)Nc3ccc(I)c(-c4nccc5ccccc45)c3)o2)C1. The van der Waals surface area contributed by atoms with Gasteiger partial charge >= 0.3 is 0 Å². The molecule has 1 atom stereocenters. The number of pyridine rings is 1. The number of nitrogens with one attached hydrogen (secondary N) is 1. The monoisotopic (exact) mass is 559 g/mol. The van der Waals surface area contributed by atoms with Gasteiger partial charge in [-0.2, -0.15) is 8.42 Å². The zero-order valence-corrected chi connectivity index (χ0v) is 19.9. The van der Waals surface area contributed by atoms with Crippen LogP contribution in [-0.2, 0) is 14.9 Å². The second kappa shape index (κ2) is 8.21. The Morgan fingerprint density at radius 2 is 1.94 bits per heavy atom. The van der Waals surface area contributed by atoms with E-state index < -0.39 is 16.1 Å². The summed E-state index contributed by atoms with van der Waals surface area (Å²) in [5.74, 6) is 0.425. The molecule has 0 bridgehead atoms. The molecule has 0 aliphatic carbocycles. The molecule has 4 aromatic rings. The van der Waals surface area contributed by atoms with Gasteiger partial charge in [0.2, 0.25) is 5.09 Å². The second-order valence-corrected chi connectivity index (χ2v) is 10.2. The van der Waals surface area contributed by atoms with Crippen molar-refractivity contribution in [3.8, 4) is 11.3 Å². The quantitative estimate of drug-likeness (QED) is 0.315. The molecular weight excluding hydrogens is 541 g/mol. The van der Waals surface area contributed by atoms with Gasteiger partial charge in [-0.3, -0.25) is 9.71 Å². The number of halogens is 1. The minimum atomic E-state index is -3.92. The van der Waals surface area contributed by atoms with E-state index in [0.29, 0.717) is 17.9 Å². The lowest BCUT2D eigenvalue weighted by atomic mass is 10.0. The molecule has 2 aromatic heterocycles. The fourth-order valence-corrected chi connectivity index (χ4v) is 5.19. The number of hydrogen-bond donors (Lipinski definition) is 1. The van der Waals surface area contributed by atoms with Gasteiger partial charge in [0.1, 0.15) is 5.76 Å². The van der Waals surface area contributed by atoms with Crippen molar-refractivity contribution in [3.63, 3.8) is 0 Å². The summed E-state index contributed by atoms with van der Waals surface area (Å²) in [6.45, 7) is 1.85. The van der Waals surface area contributed by atoms with Gasteiger partial charge in [-0.25, -0.2) is 0 Å². The molecule has 9 heteroatoms. The summed E-state index contributed by atoms with van der Waals surface area (Å²) in [6, 6.07) is 18.3. The lowest BCUT2D eigenvalue weighted by molar-refractivity contribution is 0.0659. The van der Waals surface area contributed by atoms with Gasteiger partial charge in [0, 0.05) is 32.8 Å². The number of furan rings is 1. The molecule has 3 heterocycles. The third kappa shape index (κ3) is 3.97. The van der Waals surface area contributed by atoms with Gasteiger partial charge in [-0.05, 0) is 71.3 Å². The van der Waals surface area contributed by atoms with Crippen LogP contribution in [0, 0.1) is 3.57 Å². The molecule has 1 unspecified atom stereocenters. The number of benzene rings is 2. The Balaban J connectivity index is 1.46. The molecule has 0 spiro atoms. The summed E-state index contributed by atoms with van der Waals surface area (Å²) in [4.78, 5) is 9.84. The summed E-state index contributed by atoms with van der Waals surface area (Å²) < 4.78 is 35.1. The normalized spacial score (nSPS) is 16.1. The van der Waals surface area contributed by atoms with Crippen molar-refractivity contribution >= 4 is 54.8 Å². The van der Waals surface area contributed by atoms with Crippen LogP contribution < -0.4 is 4.72 Å². The third-order valence-electron chi connectivity index (χ3n) is 5.15. The molecule has 0 saturated heterocycles. The molecule has 32 heavy (non-hydrogen) atoms. The van der Waals surface area contributed by atoms with E-state index in [9.17, 15) is 8.42 Å². The first-order valence-corrected chi connectivity index (χ1v) is 12.4. The smallest absolute Gasteiger partial charge is 0.295 e. The molecule has 0 amide bonds. The summed E-state index contributed by atoms with van der Waals surface area (Å²) in [6.07, 6.45) is 1.92. The third-order valence-corrected chi connectivity index (χ3v) is 7.34. The zero-order valence-electron chi connectivity index (χ0n) is 16.9. The maximum atomic E-state index is 12.9. The summed E-state index contributed by atoms with van der Waals surface area (Å²) in [5, 5.41) is 5.77. The lowest BCUT2D eigenvalue weighted by Crippen LogP contribution is -2.12. The summed E-state index contributed by atoms with van der Waals surface area (Å²) in [7, 11) is -3.92.